The number of halogens is 1. The first-order valence-corrected chi connectivity index (χ1v) is 7.51. The zero-order valence-corrected chi connectivity index (χ0v) is 12.6. The largest absolute Gasteiger partial charge is 0.377 e. The second-order valence-corrected chi connectivity index (χ2v) is 5.55. The highest BCUT2D eigenvalue weighted by Gasteiger charge is 2.31. The number of hydrogen-bond donors (Lipinski definition) is 1. The summed E-state index contributed by atoms with van der Waals surface area (Å²) in [5.41, 5.74) is 0.326. The predicted octanol–water partition coefficient (Wildman–Crippen LogP) is 1.38. The Morgan fingerprint density at radius 3 is 3.04 bits per heavy atom. The van der Waals surface area contributed by atoms with E-state index in [0.29, 0.717) is 29.9 Å². The number of ether oxygens (including phenoxy) is 1. The van der Waals surface area contributed by atoms with Crippen molar-refractivity contribution in [1.29, 1.82) is 0 Å². The third-order valence-corrected chi connectivity index (χ3v) is 4.03. The molecule has 1 aliphatic heterocycles. The minimum atomic E-state index is -0.353. The van der Waals surface area contributed by atoms with E-state index in [2.05, 4.69) is 20.4 Å². The summed E-state index contributed by atoms with van der Waals surface area (Å²) in [7, 11) is 0. The maximum Gasteiger partial charge on any atom is 0.267 e. The van der Waals surface area contributed by atoms with Gasteiger partial charge in [0.05, 0.1) is 24.8 Å². The van der Waals surface area contributed by atoms with Gasteiger partial charge in [-0.15, -0.1) is 0 Å². The van der Waals surface area contributed by atoms with E-state index in [9.17, 15) is 9.18 Å². The SMILES string of the molecule is O=c1cccnn1C1COCC1Nc1ncnc2cc(F)ccc12. The summed E-state index contributed by atoms with van der Waals surface area (Å²) >= 11 is 0. The lowest BCUT2D eigenvalue weighted by atomic mass is 10.1. The summed E-state index contributed by atoms with van der Waals surface area (Å²) in [4.78, 5) is 20.3. The van der Waals surface area contributed by atoms with Crippen molar-refractivity contribution in [3.63, 3.8) is 0 Å². The number of hydrogen-bond acceptors (Lipinski definition) is 6. The van der Waals surface area contributed by atoms with Crippen LogP contribution in [0, 0.1) is 5.82 Å². The van der Waals surface area contributed by atoms with Gasteiger partial charge in [0.15, 0.2) is 0 Å². The second-order valence-electron chi connectivity index (χ2n) is 5.55. The van der Waals surface area contributed by atoms with E-state index in [1.54, 1.807) is 18.3 Å². The molecule has 1 fully saturated rings. The van der Waals surface area contributed by atoms with Crippen LogP contribution in [0.25, 0.3) is 10.9 Å². The minimum absolute atomic E-state index is 0.180. The fraction of sp³-hybridized carbons (Fsp3) is 0.250. The molecule has 2 unspecified atom stereocenters. The van der Waals surface area contributed by atoms with Crippen molar-refractivity contribution in [2.45, 2.75) is 12.1 Å². The Morgan fingerprint density at radius 2 is 2.17 bits per heavy atom. The van der Waals surface area contributed by atoms with Gasteiger partial charge < -0.3 is 10.1 Å². The third kappa shape index (κ3) is 2.61. The first kappa shape index (κ1) is 14.7. The van der Waals surface area contributed by atoms with Crippen LogP contribution in [-0.4, -0.2) is 39.0 Å². The van der Waals surface area contributed by atoms with Crippen LogP contribution in [-0.2, 0) is 4.74 Å². The lowest BCUT2D eigenvalue weighted by Gasteiger charge is -2.21. The van der Waals surface area contributed by atoms with Crippen LogP contribution in [0.5, 0.6) is 0 Å². The van der Waals surface area contributed by atoms with Crippen molar-refractivity contribution in [2.75, 3.05) is 18.5 Å². The fourth-order valence-electron chi connectivity index (χ4n) is 2.86. The minimum Gasteiger partial charge on any atom is -0.377 e. The average molecular weight is 327 g/mol. The summed E-state index contributed by atoms with van der Waals surface area (Å²) < 4.78 is 20.3. The fourth-order valence-corrected chi connectivity index (χ4v) is 2.86. The van der Waals surface area contributed by atoms with Crippen molar-refractivity contribution in [1.82, 2.24) is 19.7 Å². The maximum atomic E-state index is 13.4. The van der Waals surface area contributed by atoms with E-state index in [1.807, 2.05) is 0 Å². The molecule has 0 saturated carbocycles. The van der Waals surface area contributed by atoms with Gasteiger partial charge in [-0.05, 0) is 18.2 Å². The number of aromatic nitrogens is 4. The lowest BCUT2D eigenvalue weighted by Crippen LogP contribution is -2.37. The average Bonchev–Trinajstić information content (AvgIpc) is 3.03. The molecule has 8 heteroatoms. The Morgan fingerprint density at radius 1 is 1.25 bits per heavy atom. The van der Waals surface area contributed by atoms with Gasteiger partial charge in [0.1, 0.15) is 24.0 Å². The number of benzene rings is 1. The van der Waals surface area contributed by atoms with Gasteiger partial charge >= 0.3 is 0 Å². The van der Waals surface area contributed by atoms with E-state index in [4.69, 9.17) is 4.74 Å². The molecule has 3 heterocycles. The molecule has 2 aromatic heterocycles. The first-order chi connectivity index (χ1) is 11.7. The molecule has 24 heavy (non-hydrogen) atoms. The molecule has 1 aliphatic rings. The summed E-state index contributed by atoms with van der Waals surface area (Å²) in [5, 5.41) is 8.12. The molecule has 4 rings (SSSR count). The number of anilines is 1. The highest BCUT2D eigenvalue weighted by Crippen LogP contribution is 2.25. The van der Waals surface area contributed by atoms with Gasteiger partial charge in [-0.25, -0.2) is 19.0 Å². The van der Waals surface area contributed by atoms with Crippen molar-refractivity contribution in [3.05, 3.63) is 59.0 Å². The summed E-state index contributed by atoms with van der Waals surface area (Å²) in [6.07, 6.45) is 2.95. The Kier molecular flexibility index (Phi) is 3.66. The quantitative estimate of drug-likeness (QED) is 0.782. The van der Waals surface area contributed by atoms with Gasteiger partial charge in [0, 0.05) is 23.7 Å². The summed E-state index contributed by atoms with van der Waals surface area (Å²) in [6.45, 7) is 0.798. The van der Waals surface area contributed by atoms with E-state index in [1.165, 1.54) is 29.2 Å². The van der Waals surface area contributed by atoms with Crippen LogP contribution in [0.2, 0.25) is 0 Å². The van der Waals surface area contributed by atoms with Crippen LogP contribution in [0.1, 0.15) is 6.04 Å². The molecular formula is C16H14FN5O2. The van der Waals surface area contributed by atoms with E-state index < -0.39 is 0 Å². The van der Waals surface area contributed by atoms with Crippen molar-refractivity contribution < 1.29 is 9.13 Å². The molecule has 122 valence electrons. The lowest BCUT2D eigenvalue weighted by molar-refractivity contribution is 0.182. The molecule has 1 saturated heterocycles. The number of rotatable bonds is 3. The standard InChI is InChI=1S/C16H14FN5O2/c17-10-3-4-11-12(6-10)18-9-19-16(11)21-13-7-24-8-14(13)22-15(23)2-1-5-20-22/h1-6,9,13-14H,7-8H2,(H,18,19,21). The van der Waals surface area contributed by atoms with Crippen molar-refractivity contribution in [3.8, 4) is 0 Å². The molecule has 0 amide bonds. The van der Waals surface area contributed by atoms with Crippen LogP contribution in [0.3, 0.4) is 0 Å². The Bertz CT molecular complexity index is 945. The Hall–Kier alpha value is -2.87. The summed E-state index contributed by atoms with van der Waals surface area (Å²) in [5.74, 6) is 0.221. The molecule has 2 atom stereocenters. The number of fused-ring (bicyclic) bond motifs is 1. The van der Waals surface area contributed by atoms with E-state index in [-0.39, 0.29) is 23.5 Å². The monoisotopic (exact) mass is 327 g/mol. The van der Waals surface area contributed by atoms with Gasteiger partial charge in [-0.2, -0.15) is 5.10 Å². The van der Waals surface area contributed by atoms with Crippen LogP contribution in [0.15, 0.2) is 47.7 Å². The zero-order valence-electron chi connectivity index (χ0n) is 12.6. The van der Waals surface area contributed by atoms with Crippen molar-refractivity contribution >= 4 is 16.7 Å². The van der Waals surface area contributed by atoms with E-state index in [0.717, 1.165) is 0 Å². The third-order valence-electron chi connectivity index (χ3n) is 4.03. The van der Waals surface area contributed by atoms with Gasteiger partial charge in [-0.1, -0.05) is 0 Å². The van der Waals surface area contributed by atoms with Gasteiger partial charge in [0.25, 0.3) is 5.56 Å². The molecule has 0 spiro atoms. The predicted molar refractivity (Wildman–Crippen MR) is 85.3 cm³/mol. The Balaban J connectivity index is 1.68. The zero-order chi connectivity index (χ0) is 16.5. The molecule has 3 aromatic rings. The van der Waals surface area contributed by atoms with Crippen LogP contribution >= 0.6 is 0 Å². The van der Waals surface area contributed by atoms with Crippen molar-refractivity contribution in [2.24, 2.45) is 0 Å². The van der Waals surface area contributed by atoms with Gasteiger partial charge in [-0.3, -0.25) is 4.79 Å². The highest BCUT2D eigenvalue weighted by atomic mass is 19.1. The van der Waals surface area contributed by atoms with Crippen LogP contribution in [0.4, 0.5) is 10.2 Å². The molecule has 0 aliphatic carbocycles. The molecule has 0 bridgehead atoms. The Labute approximate surface area is 136 Å². The smallest absolute Gasteiger partial charge is 0.267 e. The number of nitrogens with zero attached hydrogens (tertiary/aromatic N) is 4. The van der Waals surface area contributed by atoms with E-state index >= 15 is 0 Å². The van der Waals surface area contributed by atoms with Crippen LogP contribution < -0.4 is 10.9 Å². The molecule has 1 aromatic carbocycles. The normalized spacial score (nSPS) is 20.4. The molecule has 1 N–H and O–H groups in total. The second kappa shape index (κ2) is 5.97. The number of nitrogens with one attached hydrogen (secondary N) is 1. The first-order valence-electron chi connectivity index (χ1n) is 7.51. The maximum absolute atomic E-state index is 13.4. The summed E-state index contributed by atoms with van der Waals surface area (Å²) in [6, 6.07) is 6.99. The van der Waals surface area contributed by atoms with Gasteiger partial charge in [0.2, 0.25) is 0 Å². The molecular weight excluding hydrogens is 313 g/mol. The molecule has 0 radical (unpaired) electrons. The molecule has 7 nitrogen and oxygen atoms in total. The topological polar surface area (TPSA) is 81.9 Å². The highest BCUT2D eigenvalue weighted by molar-refractivity contribution is 5.88.